The Morgan fingerprint density at radius 3 is 1.20 bits per heavy atom. The van der Waals surface area contributed by atoms with Gasteiger partial charge in [0, 0.05) is 169 Å². The van der Waals surface area contributed by atoms with Crippen molar-refractivity contribution in [3.63, 3.8) is 0 Å². The molecule has 2 aliphatic rings. The molecule has 23 heteroatoms. The van der Waals surface area contributed by atoms with Gasteiger partial charge in [0.1, 0.15) is 0 Å². The molecule has 0 atom stereocenters. The van der Waals surface area contributed by atoms with E-state index in [4.69, 9.17) is 94.6 Å². The van der Waals surface area contributed by atoms with E-state index in [-0.39, 0.29) is 5.79 Å². The van der Waals surface area contributed by atoms with Gasteiger partial charge in [-0.25, -0.2) is 0 Å². The molecular formula is C7H13B20NO2. The SMILES string of the molecule is C1CC2(CCN1)OCCO2.[B]B([B])B([B])B(B(B([B])[B])B([B])[B])B(B([B])[B])B([B])[B]. The first-order chi connectivity index (χ1) is 13.9. The van der Waals surface area contributed by atoms with Crippen LogP contribution in [0.4, 0.5) is 0 Å². The van der Waals surface area contributed by atoms with Gasteiger partial charge in [0.05, 0.1) is 13.2 Å². The second kappa shape index (κ2) is 13.8. The van der Waals surface area contributed by atoms with Crippen LogP contribution in [0.15, 0.2) is 0 Å². The maximum absolute atomic E-state index is 6.02. The lowest BCUT2D eigenvalue weighted by atomic mass is 8.39. The van der Waals surface area contributed by atoms with E-state index < -0.39 is 57.5 Å². The summed E-state index contributed by atoms with van der Waals surface area (Å²) in [5.74, 6) is -0.189. The van der Waals surface area contributed by atoms with Crippen molar-refractivity contribution in [1.29, 1.82) is 0 Å². The molecular weight excluding hydrogens is 346 g/mol. The Morgan fingerprint density at radius 1 is 0.533 bits per heavy atom. The molecule has 0 aliphatic carbocycles. The van der Waals surface area contributed by atoms with Crippen molar-refractivity contribution in [2.75, 3.05) is 26.3 Å². The highest BCUT2D eigenvalue weighted by Crippen LogP contribution is 2.28. The number of hydrogen-bond acceptors (Lipinski definition) is 3. The summed E-state index contributed by atoms with van der Waals surface area (Å²) >= 11 is 0. The molecule has 2 aliphatic heterocycles. The lowest BCUT2D eigenvalue weighted by Gasteiger charge is -2.42. The Morgan fingerprint density at radius 2 is 0.900 bits per heavy atom. The second-order valence-corrected chi connectivity index (χ2v) is 8.05. The average molecular weight is 359 g/mol. The number of hydrogen-bond donors (Lipinski definition) is 1. The second-order valence-electron chi connectivity index (χ2n) is 8.05. The van der Waals surface area contributed by atoms with Gasteiger partial charge in [-0.3, -0.25) is 0 Å². The van der Waals surface area contributed by atoms with Gasteiger partial charge in [-0.1, -0.05) is 0 Å². The molecule has 22 radical (unpaired) electrons. The molecule has 2 saturated heterocycles. The quantitative estimate of drug-likeness (QED) is 0.437. The summed E-state index contributed by atoms with van der Waals surface area (Å²) in [6, 6.07) is 0. The molecule has 2 rings (SSSR count). The first-order valence-electron chi connectivity index (χ1n) is 10.2. The molecule has 0 amide bonds. The third kappa shape index (κ3) is 8.51. The van der Waals surface area contributed by atoms with E-state index in [1.165, 1.54) is 0 Å². The van der Waals surface area contributed by atoms with Crippen LogP contribution in [0, 0.1) is 0 Å². The minimum Gasteiger partial charge on any atom is -0.347 e. The van der Waals surface area contributed by atoms with Crippen molar-refractivity contribution in [3.05, 3.63) is 0 Å². The molecule has 0 aromatic carbocycles. The van der Waals surface area contributed by atoms with Gasteiger partial charge in [-0.15, -0.1) is 0 Å². The molecule has 0 aromatic rings. The van der Waals surface area contributed by atoms with Crippen LogP contribution >= 0.6 is 0 Å². The molecule has 30 heavy (non-hydrogen) atoms. The van der Waals surface area contributed by atoms with Crippen LogP contribution in [0.1, 0.15) is 12.8 Å². The van der Waals surface area contributed by atoms with Crippen molar-refractivity contribution in [2.24, 2.45) is 0 Å². The third-order valence-corrected chi connectivity index (χ3v) is 5.73. The van der Waals surface area contributed by atoms with Crippen LogP contribution in [0.25, 0.3) is 0 Å². The zero-order chi connectivity index (χ0) is 23.1. The Labute approximate surface area is 201 Å². The minimum atomic E-state index is -0.889. The van der Waals surface area contributed by atoms with E-state index in [1.54, 1.807) is 0 Å². The zero-order valence-corrected chi connectivity index (χ0v) is 17.6. The highest BCUT2D eigenvalue weighted by molar-refractivity contribution is 8.19. The van der Waals surface area contributed by atoms with Crippen molar-refractivity contribution >= 4 is 143 Å². The van der Waals surface area contributed by atoms with E-state index >= 15 is 0 Å². The van der Waals surface area contributed by atoms with Gasteiger partial charge in [-0.05, 0) is 0 Å². The molecule has 3 nitrogen and oxygen atoms in total. The first-order valence-corrected chi connectivity index (χ1v) is 10.2. The van der Waals surface area contributed by atoms with Gasteiger partial charge in [-0.2, -0.15) is 0 Å². The normalized spacial score (nSPS) is 16.5. The Balaban J connectivity index is 0.000000367. The highest BCUT2D eigenvalue weighted by atomic mass is 16.7. The molecule has 118 valence electrons. The summed E-state index contributed by atoms with van der Waals surface area (Å²) in [4.78, 5) is 0. The summed E-state index contributed by atoms with van der Waals surface area (Å²) in [5, 5.41) is 3.28. The van der Waals surface area contributed by atoms with Crippen molar-refractivity contribution in [2.45, 2.75) is 18.6 Å². The maximum Gasteiger partial charge on any atom is 0.170 e. The van der Waals surface area contributed by atoms with Crippen LogP contribution in [0.5, 0.6) is 0 Å². The fraction of sp³-hybridized carbons (Fsp3) is 1.00. The van der Waals surface area contributed by atoms with Gasteiger partial charge in [0.2, 0.25) is 0 Å². The molecule has 2 fully saturated rings. The summed E-state index contributed by atoms with van der Waals surface area (Å²) in [5.41, 5.74) is 0. The Bertz CT molecular complexity index is 430. The molecule has 0 unspecified atom stereocenters. The van der Waals surface area contributed by atoms with Gasteiger partial charge in [0.15, 0.2) is 5.79 Å². The smallest absolute Gasteiger partial charge is 0.170 e. The molecule has 0 saturated carbocycles. The predicted molar refractivity (Wildman–Crippen MR) is 152 cm³/mol. The van der Waals surface area contributed by atoms with Gasteiger partial charge in [0.25, 0.3) is 0 Å². The van der Waals surface area contributed by atoms with E-state index in [0.717, 1.165) is 39.1 Å². The minimum absolute atomic E-state index is 0.189. The molecule has 2 heterocycles. The predicted octanol–water partition coefficient (Wildman–Crippen LogP) is -7.50. The zero-order valence-electron chi connectivity index (χ0n) is 17.6. The molecule has 1 N–H and O–H groups in total. The standard InChI is InChI=1S/C7H13NO2.B20/c1-3-8-4-2-7(1)9-5-6-10-7;1-12(2)17(11)20(18(13(3)4)14(5)6)19(15(7)8)16(9)10/h8H,1-6H2;. The fourth-order valence-corrected chi connectivity index (χ4v) is 4.16. The summed E-state index contributed by atoms with van der Waals surface area (Å²) in [7, 11) is 63.2. The van der Waals surface area contributed by atoms with E-state index in [2.05, 4.69) is 5.32 Å². The average Bonchev–Trinajstić information content (AvgIpc) is 3.08. The van der Waals surface area contributed by atoms with Gasteiger partial charge >= 0.3 is 0 Å². The summed E-state index contributed by atoms with van der Waals surface area (Å²) in [6.07, 6.45) is -5.14. The number of ether oxygens (including phenoxy) is 2. The van der Waals surface area contributed by atoms with Crippen LogP contribution < -0.4 is 5.32 Å². The van der Waals surface area contributed by atoms with Crippen LogP contribution in [-0.4, -0.2) is 175 Å². The van der Waals surface area contributed by atoms with Crippen molar-refractivity contribution in [1.82, 2.24) is 5.32 Å². The molecule has 0 aromatic heterocycles. The van der Waals surface area contributed by atoms with E-state index in [9.17, 15) is 0 Å². The first kappa shape index (κ1) is 29.2. The van der Waals surface area contributed by atoms with Crippen molar-refractivity contribution in [3.8, 4) is 0 Å². The van der Waals surface area contributed by atoms with E-state index in [1.807, 2.05) is 0 Å². The fourth-order valence-electron chi connectivity index (χ4n) is 4.16. The van der Waals surface area contributed by atoms with E-state index in [0.29, 0.717) is 0 Å². The van der Waals surface area contributed by atoms with Crippen molar-refractivity contribution < 1.29 is 9.47 Å². The lowest BCUT2D eigenvalue weighted by Crippen LogP contribution is -2.80. The Kier molecular flexibility index (Phi) is 13.4. The monoisotopic (exact) mass is 363 g/mol. The highest BCUT2D eigenvalue weighted by Gasteiger charge is 2.44. The Hall–Kier alpha value is 1.18. The van der Waals surface area contributed by atoms with Gasteiger partial charge < -0.3 is 14.8 Å². The summed E-state index contributed by atoms with van der Waals surface area (Å²) in [6.45, 7) is 3.61. The van der Waals surface area contributed by atoms with Crippen LogP contribution in [0.2, 0.25) is 0 Å². The molecule has 1 spiro atoms. The summed E-state index contributed by atoms with van der Waals surface area (Å²) < 4.78 is 11.0. The van der Waals surface area contributed by atoms with Crippen LogP contribution in [0.3, 0.4) is 0 Å². The lowest BCUT2D eigenvalue weighted by molar-refractivity contribution is -0.172. The third-order valence-electron chi connectivity index (χ3n) is 5.73. The maximum atomic E-state index is 6.02. The number of piperidine rings is 1. The largest absolute Gasteiger partial charge is 0.347 e. The molecule has 0 bridgehead atoms. The number of nitrogens with one attached hydrogen (secondary N) is 1. The van der Waals surface area contributed by atoms with Crippen LogP contribution in [-0.2, 0) is 9.47 Å². The topological polar surface area (TPSA) is 30.5 Å². The number of rotatable bonds is 8.